The van der Waals surface area contributed by atoms with Crippen LogP contribution >= 0.6 is 0 Å². The van der Waals surface area contributed by atoms with E-state index in [1.54, 1.807) is 0 Å². The quantitative estimate of drug-likeness (QED) is 0.185. The van der Waals surface area contributed by atoms with Crippen molar-refractivity contribution >= 4 is 16.2 Å². The van der Waals surface area contributed by atoms with E-state index in [1.807, 2.05) is 0 Å². The Morgan fingerprint density at radius 2 is 1.09 bits per heavy atom. The van der Waals surface area contributed by atoms with Crippen LogP contribution in [0.2, 0.25) is 6.04 Å². The second-order valence-corrected chi connectivity index (χ2v) is 7.92. The Kier molecular flexibility index (Phi) is 19.5. The van der Waals surface area contributed by atoms with Crippen LogP contribution in [-0.2, 0) is 9.53 Å². The molecule has 0 aliphatic heterocycles. The van der Waals surface area contributed by atoms with Crippen molar-refractivity contribution in [1.29, 1.82) is 0 Å². The summed E-state index contributed by atoms with van der Waals surface area (Å²) in [6, 6.07) is 1.06. The van der Waals surface area contributed by atoms with Crippen LogP contribution in [0.4, 0.5) is 0 Å². The van der Waals surface area contributed by atoms with Gasteiger partial charge in [-0.25, -0.2) is 0 Å². The minimum atomic E-state index is 0.00976. The summed E-state index contributed by atoms with van der Waals surface area (Å²) >= 11 is 0. The molecule has 0 aromatic heterocycles. The molecule has 0 aromatic rings. The SMILES string of the molecule is CCCCCCCCCCCCCCCCCC(=O)OCC[SiH3]. The van der Waals surface area contributed by atoms with Crippen LogP contribution in [0, 0.1) is 0 Å². The first kappa shape index (κ1) is 22.7. The summed E-state index contributed by atoms with van der Waals surface area (Å²) in [5.74, 6) is 0.00976. The van der Waals surface area contributed by atoms with Crippen LogP contribution in [0.3, 0.4) is 0 Å². The monoisotopic (exact) mass is 342 g/mol. The van der Waals surface area contributed by atoms with Crippen molar-refractivity contribution < 1.29 is 9.53 Å². The van der Waals surface area contributed by atoms with Gasteiger partial charge in [0.1, 0.15) is 0 Å². The van der Waals surface area contributed by atoms with Crippen LogP contribution in [0.1, 0.15) is 110 Å². The van der Waals surface area contributed by atoms with Crippen molar-refractivity contribution in [2.24, 2.45) is 0 Å². The van der Waals surface area contributed by atoms with E-state index in [0.29, 0.717) is 13.0 Å². The van der Waals surface area contributed by atoms with Gasteiger partial charge >= 0.3 is 5.97 Å². The van der Waals surface area contributed by atoms with Gasteiger partial charge in [-0.1, -0.05) is 96.8 Å². The number of carbonyl (C=O) groups is 1. The van der Waals surface area contributed by atoms with E-state index >= 15 is 0 Å². The second-order valence-electron chi connectivity index (χ2n) is 6.92. The zero-order chi connectivity index (χ0) is 17.0. The Morgan fingerprint density at radius 3 is 1.48 bits per heavy atom. The van der Waals surface area contributed by atoms with Crippen LogP contribution in [0.25, 0.3) is 0 Å². The lowest BCUT2D eigenvalue weighted by molar-refractivity contribution is -0.143. The number of hydrogen-bond acceptors (Lipinski definition) is 2. The Bertz CT molecular complexity index is 244. The maximum atomic E-state index is 11.3. The van der Waals surface area contributed by atoms with Gasteiger partial charge in [0.2, 0.25) is 0 Å². The molecule has 0 atom stereocenters. The zero-order valence-electron chi connectivity index (χ0n) is 16.0. The molecule has 0 spiro atoms. The minimum Gasteiger partial charge on any atom is -0.466 e. The van der Waals surface area contributed by atoms with E-state index < -0.39 is 0 Å². The van der Waals surface area contributed by atoms with Crippen molar-refractivity contribution in [2.75, 3.05) is 6.61 Å². The highest BCUT2D eigenvalue weighted by Gasteiger charge is 2.01. The van der Waals surface area contributed by atoms with E-state index in [-0.39, 0.29) is 5.97 Å². The van der Waals surface area contributed by atoms with Crippen LogP contribution in [-0.4, -0.2) is 22.8 Å². The molecule has 23 heavy (non-hydrogen) atoms. The summed E-state index contributed by atoms with van der Waals surface area (Å²) < 4.78 is 5.11. The normalized spacial score (nSPS) is 11.0. The van der Waals surface area contributed by atoms with Gasteiger partial charge in [-0.2, -0.15) is 0 Å². The van der Waals surface area contributed by atoms with Gasteiger partial charge < -0.3 is 4.74 Å². The largest absolute Gasteiger partial charge is 0.466 e. The van der Waals surface area contributed by atoms with Crippen molar-refractivity contribution in [2.45, 2.75) is 116 Å². The zero-order valence-corrected chi connectivity index (χ0v) is 18.0. The topological polar surface area (TPSA) is 26.3 Å². The molecule has 0 N–H and O–H groups in total. The third-order valence-corrected chi connectivity index (χ3v) is 4.86. The van der Waals surface area contributed by atoms with Gasteiger partial charge in [-0.05, 0) is 12.5 Å². The van der Waals surface area contributed by atoms with E-state index in [4.69, 9.17) is 4.74 Å². The fourth-order valence-electron chi connectivity index (χ4n) is 2.93. The number of carbonyl (C=O) groups excluding carboxylic acids is 1. The first-order valence-corrected chi connectivity index (χ1v) is 11.9. The molecular formula is C20H42O2Si. The molecule has 0 saturated heterocycles. The summed E-state index contributed by atoms with van der Waals surface area (Å²) in [6.45, 7) is 2.92. The third kappa shape index (κ3) is 19.6. The van der Waals surface area contributed by atoms with Gasteiger partial charge in [-0.3, -0.25) is 4.79 Å². The Morgan fingerprint density at radius 1 is 0.696 bits per heavy atom. The summed E-state index contributed by atoms with van der Waals surface area (Å²) in [4.78, 5) is 11.3. The smallest absolute Gasteiger partial charge is 0.305 e. The Labute approximate surface area is 148 Å². The molecule has 0 heterocycles. The van der Waals surface area contributed by atoms with Crippen molar-refractivity contribution in [3.8, 4) is 0 Å². The van der Waals surface area contributed by atoms with Crippen molar-refractivity contribution in [3.63, 3.8) is 0 Å². The van der Waals surface area contributed by atoms with Crippen LogP contribution in [0.15, 0.2) is 0 Å². The van der Waals surface area contributed by atoms with Gasteiger partial charge in [0, 0.05) is 16.7 Å². The Balaban J connectivity index is 3.04. The number of esters is 1. The molecule has 0 amide bonds. The Hall–Kier alpha value is -0.313. The molecule has 0 bridgehead atoms. The molecular weight excluding hydrogens is 300 g/mol. The average molecular weight is 343 g/mol. The van der Waals surface area contributed by atoms with E-state index in [0.717, 1.165) is 22.7 Å². The fraction of sp³-hybridized carbons (Fsp3) is 0.950. The van der Waals surface area contributed by atoms with Crippen molar-refractivity contribution in [3.05, 3.63) is 0 Å². The molecule has 0 radical (unpaired) electrons. The molecule has 0 aliphatic rings. The van der Waals surface area contributed by atoms with E-state index in [9.17, 15) is 4.79 Å². The molecule has 0 saturated carbocycles. The summed E-state index contributed by atoms with van der Waals surface area (Å²) in [6.07, 6.45) is 21.1. The summed E-state index contributed by atoms with van der Waals surface area (Å²) in [7, 11) is 1.12. The first-order valence-electron chi connectivity index (χ1n) is 10.5. The number of unbranched alkanes of at least 4 members (excludes halogenated alkanes) is 14. The molecule has 138 valence electrons. The van der Waals surface area contributed by atoms with Gasteiger partial charge in [0.25, 0.3) is 0 Å². The lowest BCUT2D eigenvalue weighted by Crippen LogP contribution is -2.04. The molecule has 0 unspecified atom stereocenters. The summed E-state index contributed by atoms with van der Waals surface area (Å²) in [5, 5.41) is 0. The highest BCUT2D eigenvalue weighted by molar-refractivity contribution is 6.08. The highest BCUT2D eigenvalue weighted by atomic mass is 28.1. The molecule has 0 aliphatic carbocycles. The lowest BCUT2D eigenvalue weighted by atomic mass is 10.0. The minimum absolute atomic E-state index is 0.00976. The highest BCUT2D eigenvalue weighted by Crippen LogP contribution is 2.13. The predicted molar refractivity (Wildman–Crippen MR) is 105 cm³/mol. The third-order valence-electron chi connectivity index (χ3n) is 4.45. The number of hydrogen-bond donors (Lipinski definition) is 0. The molecule has 0 fully saturated rings. The van der Waals surface area contributed by atoms with E-state index in [1.165, 1.54) is 89.9 Å². The maximum Gasteiger partial charge on any atom is 0.305 e. The van der Waals surface area contributed by atoms with E-state index in [2.05, 4.69) is 6.92 Å². The second kappa shape index (κ2) is 19.7. The van der Waals surface area contributed by atoms with Crippen LogP contribution in [0.5, 0.6) is 0 Å². The molecule has 3 heteroatoms. The molecule has 2 nitrogen and oxygen atoms in total. The van der Waals surface area contributed by atoms with Crippen LogP contribution < -0.4 is 0 Å². The van der Waals surface area contributed by atoms with Gasteiger partial charge in [0.15, 0.2) is 0 Å². The maximum absolute atomic E-state index is 11.3. The molecule has 0 rings (SSSR count). The first-order chi connectivity index (χ1) is 11.3. The standard InChI is InChI=1S/C20H42O2Si/c1-2-3-4-5-6-7-8-9-10-11-12-13-14-15-16-17-20(21)22-18-19-23/h2-19H2,1,23H3. The average Bonchev–Trinajstić information content (AvgIpc) is 2.56. The number of ether oxygens (including phenoxy) is 1. The predicted octanol–water partition coefficient (Wildman–Crippen LogP) is 5.57. The fourth-order valence-corrected chi connectivity index (χ4v) is 3.13. The van der Waals surface area contributed by atoms with Crippen molar-refractivity contribution in [1.82, 2.24) is 0 Å². The molecule has 0 aromatic carbocycles. The van der Waals surface area contributed by atoms with Gasteiger partial charge in [-0.15, -0.1) is 0 Å². The lowest BCUT2D eigenvalue weighted by Gasteiger charge is -2.04. The number of rotatable bonds is 18. The van der Waals surface area contributed by atoms with Gasteiger partial charge in [0.05, 0.1) is 6.61 Å². The summed E-state index contributed by atoms with van der Waals surface area (Å²) in [5.41, 5.74) is 0.